The van der Waals surface area contributed by atoms with E-state index in [1.54, 1.807) is 18.2 Å². The van der Waals surface area contributed by atoms with Crippen molar-refractivity contribution < 1.29 is 14.3 Å². The monoisotopic (exact) mass is 357 g/mol. The minimum Gasteiger partial charge on any atom is -0.478 e. The zero-order valence-corrected chi connectivity index (χ0v) is 12.5. The quantitative estimate of drug-likeness (QED) is 0.843. The first kappa shape index (κ1) is 14.8. The fourth-order valence-electron chi connectivity index (χ4n) is 1.67. The number of hydrogen-bond acceptors (Lipinski definition) is 2. The molecule has 6 heteroatoms. The van der Waals surface area contributed by atoms with Gasteiger partial charge in [-0.25, -0.2) is 9.18 Å². The second kappa shape index (κ2) is 6.24. The van der Waals surface area contributed by atoms with Gasteiger partial charge in [0.25, 0.3) is 0 Å². The average molecular weight is 359 g/mol. The highest BCUT2D eigenvalue weighted by Gasteiger charge is 2.09. The molecule has 0 unspecified atom stereocenters. The first-order chi connectivity index (χ1) is 9.47. The fraction of sp³-hybridized carbons (Fsp3) is 0.0714. The van der Waals surface area contributed by atoms with E-state index in [9.17, 15) is 9.18 Å². The summed E-state index contributed by atoms with van der Waals surface area (Å²) in [6, 6.07) is 8.95. The van der Waals surface area contributed by atoms with Gasteiger partial charge in [0.2, 0.25) is 0 Å². The molecule has 0 spiro atoms. The number of carboxylic acids is 1. The number of anilines is 1. The van der Waals surface area contributed by atoms with Crippen LogP contribution in [0, 0.1) is 5.82 Å². The Hall–Kier alpha value is -1.59. The Morgan fingerprint density at radius 1 is 1.30 bits per heavy atom. The van der Waals surface area contributed by atoms with Crippen molar-refractivity contribution in [1.29, 1.82) is 0 Å². The van der Waals surface area contributed by atoms with E-state index in [-0.39, 0.29) is 17.7 Å². The zero-order valence-electron chi connectivity index (χ0n) is 10.2. The highest BCUT2D eigenvalue weighted by atomic mass is 79.9. The number of halogens is 3. The maximum absolute atomic E-state index is 13.6. The lowest BCUT2D eigenvalue weighted by Gasteiger charge is -2.10. The molecular weight excluding hydrogens is 349 g/mol. The zero-order chi connectivity index (χ0) is 14.7. The predicted molar refractivity (Wildman–Crippen MR) is 79.8 cm³/mol. The van der Waals surface area contributed by atoms with E-state index < -0.39 is 11.8 Å². The topological polar surface area (TPSA) is 49.3 Å². The number of nitrogens with one attached hydrogen (secondary N) is 1. The van der Waals surface area contributed by atoms with Gasteiger partial charge in [-0.1, -0.05) is 27.5 Å². The van der Waals surface area contributed by atoms with E-state index in [0.717, 1.165) is 10.5 Å². The number of hydrogen-bond donors (Lipinski definition) is 2. The molecule has 0 aliphatic heterocycles. The van der Waals surface area contributed by atoms with E-state index in [0.29, 0.717) is 10.7 Å². The van der Waals surface area contributed by atoms with Crippen molar-refractivity contribution in [2.24, 2.45) is 0 Å². The van der Waals surface area contributed by atoms with Crippen molar-refractivity contribution in [2.75, 3.05) is 5.32 Å². The van der Waals surface area contributed by atoms with Crippen molar-refractivity contribution in [3.05, 3.63) is 62.8 Å². The van der Waals surface area contributed by atoms with Gasteiger partial charge in [0.1, 0.15) is 5.82 Å². The Labute approximate surface area is 128 Å². The predicted octanol–water partition coefficient (Wildman–Crippen LogP) is 4.55. The maximum atomic E-state index is 13.6. The van der Waals surface area contributed by atoms with Crippen LogP contribution < -0.4 is 5.32 Å². The number of carboxylic acid groups (broad SMARTS) is 1. The van der Waals surface area contributed by atoms with Gasteiger partial charge in [-0.2, -0.15) is 0 Å². The molecule has 2 rings (SSSR count). The minimum absolute atomic E-state index is 0.0464. The van der Waals surface area contributed by atoms with Crippen LogP contribution in [0.15, 0.2) is 40.9 Å². The van der Waals surface area contributed by atoms with Crippen LogP contribution in [0.5, 0.6) is 0 Å². The molecule has 0 heterocycles. The molecule has 0 saturated carbocycles. The molecule has 3 nitrogen and oxygen atoms in total. The number of carbonyl (C=O) groups is 1. The van der Waals surface area contributed by atoms with Gasteiger partial charge in [0.15, 0.2) is 0 Å². The minimum atomic E-state index is -1.09. The molecule has 2 aromatic carbocycles. The van der Waals surface area contributed by atoms with E-state index in [1.165, 1.54) is 12.1 Å². The Morgan fingerprint density at radius 3 is 2.70 bits per heavy atom. The third-order valence-electron chi connectivity index (χ3n) is 2.69. The van der Waals surface area contributed by atoms with E-state index in [4.69, 9.17) is 16.7 Å². The molecule has 0 radical (unpaired) electrons. The van der Waals surface area contributed by atoms with Crippen LogP contribution in [-0.4, -0.2) is 11.1 Å². The van der Waals surface area contributed by atoms with E-state index >= 15 is 0 Å². The Balaban J connectivity index is 2.18. The molecule has 0 aromatic heterocycles. The van der Waals surface area contributed by atoms with E-state index in [1.807, 2.05) is 0 Å². The van der Waals surface area contributed by atoms with Gasteiger partial charge in [-0.3, -0.25) is 0 Å². The molecule has 0 aliphatic rings. The highest BCUT2D eigenvalue weighted by molar-refractivity contribution is 9.10. The summed E-state index contributed by atoms with van der Waals surface area (Å²) in [5.41, 5.74) is 0.962. The Bertz CT molecular complexity index is 664. The molecule has 0 aliphatic carbocycles. The highest BCUT2D eigenvalue weighted by Crippen LogP contribution is 2.26. The van der Waals surface area contributed by atoms with Crippen molar-refractivity contribution in [1.82, 2.24) is 0 Å². The molecule has 2 N–H and O–H groups in total. The average Bonchev–Trinajstić information content (AvgIpc) is 2.39. The molecule has 0 amide bonds. The van der Waals surface area contributed by atoms with Gasteiger partial charge in [0.05, 0.1) is 16.3 Å². The van der Waals surface area contributed by atoms with Gasteiger partial charge in [0, 0.05) is 16.6 Å². The number of aromatic carboxylic acids is 1. The summed E-state index contributed by atoms with van der Waals surface area (Å²) in [4.78, 5) is 10.9. The summed E-state index contributed by atoms with van der Waals surface area (Å²) in [6.45, 7) is 0.147. The van der Waals surface area contributed by atoms with Crippen LogP contribution in [0.3, 0.4) is 0 Å². The summed E-state index contributed by atoms with van der Waals surface area (Å²) < 4.78 is 14.5. The van der Waals surface area contributed by atoms with Gasteiger partial charge in [-0.05, 0) is 36.4 Å². The van der Waals surface area contributed by atoms with Gasteiger partial charge < -0.3 is 10.4 Å². The molecule has 0 bridgehead atoms. The SMILES string of the molecule is O=C(O)c1ccc(F)c(CNc2ccc(Br)cc2Cl)c1. The summed E-state index contributed by atoms with van der Waals surface area (Å²) >= 11 is 9.33. The lowest BCUT2D eigenvalue weighted by molar-refractivity contribution is 0.0696. The maximum Gasteiger partial charge on any atom is 0.335 e. The van der Waals surface area contributed by atoms with Crippen LogP contribution in [0.4, 0.5) is 10.1 Å². The summed E-state index contributed by atoms with van der Waals surface area (Å²) in [7, 11) is 0. The molecule has 0 saturated heterocycles. The molecule has 20 heavy (non-hydrogen) atoms. The second-order valence-electron chi connectivity index (χ2n) is 4.09. The summed E-state index contributed by atoms with van der Waals surface area (Å²) in [5, 5.41) is 12.4. The molecular formula is C14H10BrClFNO2. The van der Waals surface area contributed by atoms with Crippen molar-refractivity contribution >= 4 is 39.2 Å². The van der Waals surface area contributed by atoms with Crippen molar-refractivity contribution in [3.63, 3.8) is 0 Å². The van der Waals surface area contributed by atoms with Crippen LogP contribution in [0.2, 0.25) is 5.02 Å². The second-order valence-corrected chi connectivity index (χ2v) is 5.41. The molecule has 0 atom stereocenters. The molecule has 2 aromatic rings. The summed E-state index contributed by atoms with van der Waals surface area (Å²) in [6.07, 6.45) is 0. The van der Waals surface area contributed by atoms with E-state index in [2.05, 4.69) is 21.2 Å². The van der Waals surface area contributed by atoms with Crippen molar-refractivity contribution in [3.8, 4) is 0 Å². The number of benzene rings is 2. The first-order valence-electron chi connectivity index (χ1n) is 5.68. The first-order valence-corrected chi connectivity index (χ1v) is 6.85. The summed E-state index contributed by atoms with van der Waals surface area (Å²) in [5.74, 6) is -1.55. The standard InChI is InChI=1S/C14H10BrClFNO2/c15-10-2-4-13(11(16)6-10)18-7-9-5-8(14(19)20)1-3-12(9)17/h1-6,18H,7H2,(H,19,20). The molecule has 0 fully saturated rings. The third kappa shape index (κ3) is 3.49. The Kier molecular flexibility index (Phi) is 4.62. The van der Waals surface area contributed by atoms with Gasteiger partial charge >= 0.3 is 5.97 Å². The smallest absolute Gasteiger partial charge is 0.335 e. The normalized spacial score (nSPS) is 10.3. The van der Waals surface area contributed by atoms with Crippen LogP contribution in [-0.2, 0) is 6.54 Å². The Morgan fingerprint density at radius 2 is 2.05 bits per heavy atom. The number of rotatable bonds is 4. The largest absolute Gasteiger partial charge is 0.478 e. The van der Waals surface area contributed by atoms with Gasteiger partial charge in [-0.15, -0.1) is 0 Å². The fourth-order valence-corrected chi connectivity index (χ4v) is 2.41. The molecule has 104 valence electrons. The van der Waals surface area contributed by atoms with Crippen LogP contribution >= 0.6 is 27.5 Å². The lowest BCUT2D eigenvalue weighted by atomic mass is 10.1. The lowest BCUT2D eigenvalue weighted by Crippen LogP contribution is -2.05. The van der Waals surface area contributed by atoms with Crippen LogP contribution in [0.25, 0.3) is 0 Å². The third-order valence-corrected chi connectivity index (χ3v) is 3.50. The van der Waals surface area contributed by atoms with Crippen LogP contribution in [0.1, 0.15) is 15.9 Å². The van der Waals surface area contributed by atoms with Crippen molar-refractivity contribution in [2.45, 2.75) is 6.54 Å².